The molecule has 0 aromatic heterocycles. The molecule has 2 N–H and O–H groups in total. The summed E-state index contributed by atoms with van der Waals surface area (Å²) in [5.41, 5.74) is 1.42. The van der Waals surface area contributed by atoms with Crippen molar-refractivity contribution in [2.75, 3.05) is 13.2 Å². The van der Waals surface area contributed by atoms with Crippen molar-refractivity contribution in [3.05, 3.63) is 35.9 Å². The van der Waals surface area contributed by atoms with Gasteiger partial charge in [-0.05, 0) is 12.0 Å². The third-order valence-electron chi connectivity index (χ3n) is 3.29. The van der Waals surface area contributed by atoms with Gasteiger partial charge in [0.05, 0.1) is 0 Å². The van der Waals surface area contributed by atoms with Crippen molar-refractivity contribution < 1.29 is 5.11 Å². The van der Waals surface area contributed by atoms with Crippen molar-refractivity contribution in [1.29, 1.82) is 0 Å². The van der Waals surface area contributed by atoms with Gasteiger partial charge in [-0.1, -0.05) is 44.2 Å². The smallest absolute Gasteiger partial charge is 0.0494 e. The molecular weight excluding hydrogens is 198 g/mol. The summed E-state index contributed by atoms with van der Waals surface area (Å²) >= 11 is 0. The van der Waals surface area contributed by atoms with Crippen LogP contribution in [0.3, 0.4) is 0 Å². The van der Waals surface area contributed by atoms with Gasteiger partial charge in [0.1, 0.15) is 0 Å². The zero-order valence-corrected chi connectivity index (χ0v) is 10.1. The molecule has 1 aliphatic rings. The van der Waals surface area contributed by atoms with Gasteiger partial charge in [0, 0.05) is 30.5 Å². The minimum absolute atomic E-state index is 0.0101. The number of hydrogen-bond donors (Lipinski definition) is 2. The number of rotatable bonds is 5. The molecule has 1 aromatic carbocycles. The lowest BCUT2D eigenvalue weighted by atomic mass is 9.95. The van der Waals surface area contributed by atoms with Gasteiger partial charge in [-0.15, -0.1) is 0 Å². The Morgan fingerprint density at radius 2 is 2.00 bits per heavy atom. The van der Waals surface area contributed by atoms with Crippen LogP contribution in [0.4, 0.5) is 0 Å². The maximum Gasteiger partial charge on any atom is 0.0494 e. The molecule has 0 heterocycles. The summed E-state index contributed by atoms with van der Waals surface area (Å²) in [5, 5.41) is 12.7. The van der Waals surface area contributed by atoms with Gasteiger partial charge in [0.15, 0.2) is 0 Å². The minimum atomic E-state index is -0.0101. The van der Waals surface area contributed by atoms with Crippen LogP contribution in [0.5, 0.6) is 0 Å². The number of benzene rings is 1. The summed E-state index contributed by atoms with van der Waals surface area (Å²) in [5.74, 6) is 0.677. The molecule has 2 atom stereocenters. The van der Waals surface area contributed by atoms with Crippen LogP contribution in [0.15, 0.2) is 30.3 Å². The van der Waals surface area contributed by atoms with Gasteiger partial charge in [0.25, 0.3) is 0 Å². The highest BCUT2D eigenvalue weighted by Crippen LogP contribution is 2.40. The maximum absolute atomic E-state index is 9.17. The topological polar surface area (TPSA) is 32.3 Å². The van der Waals surface area contributed by atoms with E-state index in [0.717, 1.165) is 6.54 Å². The molecule has 0 spiro atoms. The second-order valence-corrected chi connectivity index (χ2v) is 5.56. The molecule has 2 heteroatoms. The Labute approximate surface area is 97.7 Å². The largest absolute Gasteiger partial charge is 0.396 e. The summed E-state index contributed by atoms with van der Waals surface area (Å²) in [4.78, 5) is 0. The first-order valence-corrected chi connectivity index (χ1v) is 6.01. The van der Waals surface area contributed by atoms with Crippen LogP contribution in [-0.4, -0.2) is 24.3 Å². The van der Waals surface area contributed by atoms with Crippen molar-refractivity contribution in [2.45, 2.75) is 32.2 Å². The van der Waals surface area contributed by atoms with Crippen LogP contribution in [0, 0.1) is 5.41 Å². The molecule has 0 aliphatic heterocycles. The zero-order valence-electron chi connectivity index (χ0n) is 10.1. The van der Waals surface area contributed by atoms with Gasteiger partial charge in [0.2, 0.25) is 0 Å². The average molecular weight is 219 g/mol. The van der Waals surface area contributed by atoms with Crippen LogP contribution in [-0.2, 0) is 0 Å². The summed E-state index contributed by atoms with van der Waals surface area (Å²) in [7, 11) is 0. The molecule has 0 radical (unpaired) electrons. The molecule has 1 aromatic rings. The standard InChI is InChI=1S/C14H21NO/c1-14(2,10-16)9-15-13-8-12(13)11-6-4-3-5-7-11/h3-7,12-13,15-16H,8-10H2,1-2H3. The van der Waals surface area contributed by atoms with E-state index in [0.29, 0.717) is 12.0 Å². The Kier molecular flexibility index (Phi) is 3.31. The lowest BCUT2D eigenvalue weighted by molar-refractivity contribution is 0.156. The number of hydrogen-bond acceptors (Lipinski definition) is 2. The molecule has 0 amide bonds. The number of aliphatic hydroxyl groups excluding tert-OH is 1. The SMILES string of the molecule is CC(C)(CO)CNC1CC1c1ccccc1. The Morgan fingerprint density at radius 1 is 1.31 bits per heavy atom. The van der Waals surface area contributed by atoms with E-state index in [-0.39, 0.29) is 12.0 Å². The third-order valence-corrected chi connectivity index (χ3v) is 3.29. The van der Waals surface area contributed by atoms with Crippen LogP contribution < -0.4 is 5.32 Å². The molecule has 2 rings (SSSR count). The molecule has 0 saturated heterocycles. The van der Waals surface area contributed by atoms with Crippen molar-refractivity contribution in [2.24, 2.45) is 5.41 Å². The second-order valence-electron chi connectivity index (χ2n) is 5.56. The number of aliphatic hydroxyl groups is 1. The van der Waals surface area contributed by atoms with E-state index in [1.54, 1.807) is 0 Å². The molecule has 2 nitrogen and oxygen atoms in total. The molecule has 1 saturated carbocycles. The van der Waals surface area contributed by atoms with Crippen LogP contribution >= 0.6 is 0 Å². The van der Waals surface area contributed by atoms with E-state index in [9.17, 15) is 5.11 Å². The highest BCUT2D eigenvalue weighted by Gasteiger charge is 2.38. The van der Waals surface area contributed by atoms with E-state index in [2.05, 4.69) is 49.5 Å². The summed E-state index contributed by atoms with van der Waals surface area (Å²) in [6.07, 6.45) is 1.23. The van der Waals surface area contributed by atoms with Crippen molar-refractivity contribution in [3.8, 4) is 0 Å². The van der Waals surface area contributed by atoms with Gasteiger partial charge in [-0.25, -0.2) is 0 Å². The molecule has 16 heavy (non-hydrogen) atoms. The Morgan fingerprint density at radius 3 is 2.62 bits per heavy atom. The Balaban J connectivity index is 1.80. The third kappa shape index (κ3) is 2.83. The summed E-state index contributed by atoms with van der Waals surface area (Å²) in [6.45, 7) is 5.29. The van der Waals surface area contributed by atoms with Crippen molar-refractivity contribution >= 4 is 0 Å². The fraction of sp³-hybridized carbons (Fsp3) is 0.571. The fourth-order valence-corrected chi connectivity index (χ4v) is 1.95. The van der Waals surface area contributed by atoms with Gasteiger partial charge in [-0.3, -0.25) is 0 Å². The number of nitrogens with one attached hydrogen (secondary N) is 1. The van der Waals surface area contributed by atoms with Crippen LogP contribution in [0.1, 0.15) is 31.7 Å². The van der Waals surface area contributed by atoms with Crippen LogP contribution in [0.25, 0.3) is 0 Å². The van der Waals surface area contributed by atoms with Gasteiger partial charge in [-0.2, -0.15) is 0 Å². The molecule has 88 valence electrons. The highest BCUT2D eigenvalue weighted by atomic mass is 16.3. The monoisotopic (exact) mass is 219 g/mol. The van der Waals surface area contributed by atoms with E-state index in [1.165, 1.54) is 12.0 Å². The van der Waals surface area contributed by atoms with E-state index >= 15 is 0 Å². The fourth-order valence-electron chi connectivity index (χ4n) is 1.95. The summed E-state index contributed by atoms with van der Waals surface area (Å²) in [6, 6.07) is 11.3. The normalized spacial score (nSPS) is 24.4. The summed E-state index contributed by atoms with van der Waals surface area (Å²) < 4.78 is 0. The lowest BCUT2D eigenvalue weighted by Crippen LogP contribution is -2.33. The maximum atomic E-state index is 9.17. The zero-order chi connectivity index (χ0) is 11.6. The predicted molar refractivity (Wildman–Crippen MR) is 66.5 cm³/mol. The highest BCUT2D eigenvalue weighted by molar-refractivity contribution is 5.27. The first-order chi connectivity index (χ1) is 7.62. The van der Waals surface area contributed by atoms with E-state index in [1.807, 2.05) is 0 Å². The van der Waals surface area contributed by atoms with Crippen LogP contribution in [0.2, 0.25) is 0 Å². The second kappa shape index (κ2) is 4.56. The molecule has 1 aliphatic carbocycles. The molecule has 0 bridgehead atoms. The van der Waals surface area contributed by atoms with E-state index in [4.69, 9.17) is 0 Å². The van der Waals surface area contributed by atoms with Gasteiger partial charge >= 0.3 is 0 Å². The van der Waals surface area contributed by atoms with E-state index < -0.39 is 0 Å². The molecule has 1 fully saturated rings. The minimum Gasteiger partial charge on any atom is -0.396 e. The predicted octanol–water partition coefficient (Wildman–Crippen LogP) is 2.15. The lowest BCUT2D eigenvalue weighted by Gasteiger charge is -2.22. The Hall–Kier alpha value is -0.860. The van der Waals surface area contributed by atoms with Crippen molar-refractivity contribution in [1.82, 2.24) is 5.32 Å². The first-order valence-electron chi connectivity index (χ1n) is 6.01. The first kappa shape index (κ1) is 11.6. The molecule has 2 unspecified atom stereocenters. The average Bonchev–Trinajstić information content (AvgIpc) is 3.07. The van der Waals surface area contributed by atoms with Gasteiger partial charge < -0.3 is 10.4 Å². The molecular formula is C14H21NO. The quantitative estimate of drug-likeness (QED) is 0.795. The van der Waals surface area contributed by atoms with Crippen molar-refractivity contribution in [3.63, 3.8) is 0 Å². The Bertz CT molecular complexity index is 334.